The molecule has 0 atom stereocenters. The van der Waals surface area contributed by atoms with Crippen LogP contribution in [-0.2, 0) is 6.54 Å². The highest BCUT2D eigenvalue weighted by atomic mass is 19.1. The Labute approximate surface area is 210 Å². The highest BCUT2D eigenvalue weighted by molar-refractivity contribution is 5.81. The summed E-state index contributed by atoms with van der Waals surface area (Å²) in [6.45, 7) is 2.22. The second-order valence-electron chi connectivity index (χ2n) is 8.28. The molecule has 0 aromatic carbocycles. The lowest BCUT2D eigenvalue weighted by Crippen LogP contribution is -2.12. The Kier molecular flexibility index (Phi) is 5.95. The molecule has 0 bridgehead atoms. The van der Waals surface area contributed by atoms with Crippen LogP contribution in [0.4, 0.5) is 8.78 Å². The van der Waals surface area contributed by atoms with Gasteiger partial charge in [0.25, 0.3) is 0 Å². The average molecular weight is 490 g/mol. The summed E-state index contributed by atoms with van der Waals surface area (Å²) in [5.41, 5.74) is 5.03. The van der Waals surface area contributed by atoms with Crippen molar-refractivity contribution in [1.82, 2.24) is 35.2 Å². The lowest BCUT2D eigenvalue weighted by Gasteiger charge is -2.07. The molecule has 6 rings (SSSR count). The minimum Gasteiger partial charge on any atom is -0.301 e. The molecular weight excluding hydrogens is 472 g/mol. The molecule has 6 heterocycles. The summed E-state index contributed by atoms with van der Waals surface area (Å²) in [5.74, 6) is -1.10. The molecule has 9 heteroatoms. The lowest BCUT2D eigenvalue weighted by molar-refractivity contribution is 0.584. The Bertz CT molecular complexity index is 1630. The third-order valence-corrected chi connectivity index (χ3v) is 5.71. The van der Waals surface area contributed by atoms with E-state index in [1.165, 1.54) is 12.1 Å². The van der Waals surface area contributed by atoms with E-state index in [1.807, 2.05) is 24.3 Å². The first-order chi connectivity index (χ1) is 18.1. The zero-order valence-electron chi connectivity index (χ0n) is 19.3. The number of pyridine rings is 6. The normalized spacial score (nSPS) is 11.3. The molecule has 0 saturated carbocycles. The molecule has 0 aliphatic heterocycles. The minimum absolute atomic E-state index is 0.445. The number of aromatic nitrogens is 6. The van der Waals surface area contributed by atoms with Gasteiger partial charge in [-0.3, -0.25) is 9.97 Å². The predicted octanol–water partition coefficient (Wildman–Crippen LogP) is 5.27. The van der Waals surface area contributed by atoms with Crippen LogP contribution in [0.1, 0.15) is 11.4 Å². The molecule has 0 aliphatic carbocycles. The predicted molar refractivity (Wildman–Crippen MR) is 136 cm³/mol. The third-order valence-electron chi connectivity index (χ3n) is 5.71. The summed E-state index contributed by atoms with van der Waals surface area (Å²) in [7, 11) is 0. The van der Waals surface area contributed by atoms with Crippen molar-refractivity contribution in [2.45, 2.75) is 6.54 Å². The van der Waals surface area contributed by atoms with Crippen LogP contribution >= 0.6 is 0 Å². The Morgan fingerprint density at radius 2 is 1.19 bits per heavy atom. The quantitative estimate of drug-likeness (QED) is 0.318. The van der Waals surface area contributed by atoms with E-state index in [-0.39, 0.29) is 0 Å². The van der Waals surface area contributed by atoms with Crippen molar-refractivity contribution in [2.24, 2.45) is 0 Å². The smallest absolute Gasteiger partial charge is 0.213 e. The fourth-order valence-electron chi connectivity index (χ4n) is 3.91. The van der Waals surface area contributed by atoms with Crippen molar-refractivity contribution in [2.75, 3.05) is 0 Å². The van der Waals surface area contributed by atoms with Crippen LogP contribution in [0, 0.1) is 18.4 Å². The number of hydrogen-bond acceptors (Lipinski definition) is 7. The Morgan fingerprint density at radius 3 is 1.81 bits per heavy atom. The van der Waals surface area contributed by atoms with E-state index >= 15 is 0 Å². The van der Waals surface area contributed by atoms with Crippen molar-refractivity contribution in [3.05, 3.63) is 115 Å². The first-order valence-corrected chi connectivity index (χ1v) is 11.5. The van der Waals surface area contributed by atoms with Gasteiger partial charge in [-0.15, -0.1) is 0 Å². The maximum atomic E-state index is 13.5. The van der Waals surface area contributed by atoms with Crippen molar-refractivity contribution in [3.63, 3.8) is 0 Å². The molecule has 6 aromatic heterocycles. The monoisotopic (exact) mass is 490 g/mol. The lowest BCUT2D eigenvalue weighted by atomic mass is 10.2. The van der Waals surface area contributed by atoms with Crippen LogP contribution in [0.3, 0.4) is 0 Å². The van der Waals surface area contributed by atoms with E-state index < -0.39 is 11.9 Å². The molecule has 0 unspecified atom stereocenters. The van der Waals surface area contributed by atoms with Crippen LogP contribution < -0.4 is 5.32 Å². The maximum Gasteiger partial charge on any atom is 0.213 e. The van der Waals surface area contributed by atoms with Gasteiger partial charge in [0.2, 0.25) is 11.9 Å². The number of hydrogen-bond donors (Lipinski definition) is 1. The number of nitrogens with one attached hydrogen (secondary N) is 1. The van der Waals surface area contributed by atoms with E-state index in [4.69, 9.17) is 0 Å². The number of halogens is 2. The van der Waals surface area contributed by atoms with Gasteiger partial charge in [-0.05, 0) is 60.7 Å². The first kappa shape index (κ1) is 22.7. The van der Waals surface area contributed by atoms with Crippen LogP contribution in [0.2, 0.25) is 0 Å². The molecular formula is C28H18F2N7. The first-order valence-electron chi connectivity index (χ1n) is 11.5. The van der Waals surface area contributed by atoms with Gasteiger partial charge in [0.05, 0.1) is 51.7 Å². The minimum atomic E-state index is -0.549. The van der Waals surface area contributed by atoms with Crippen molar-refractivity contribution >= 4 is 21.8 Å². The van der Waals surface area contributed by atoms with Gasteiger partial charge in [-0.2, -0.15) is 8.78 Å². The van der Waals surface area contributed by atoms with Gasteiger partial charge in [-0.1, -0.05) is 12.1 Å². The summed E-state index contributed by atoms with van der Waals surface area (Å²) < 4.78 is 27.0. The summed E-state index contributed by atoms with van der Waals surface area (Å²) in [5, 5.41) is 4.96. The number of nitrogens with zero attached hydrogens (tertiary/aromatic N) is 6. The molecule has 1 N–H and O–H groups in total. The van der Waals surface area contributed by atoms with Gasteiger partial charge < -0.3 is 5.32 Å². The van der Waals surface area contributed by atoms with Crippen molar-refractivity contribution in [3.8, 4) is 22.8 Å². The zero-order chi connectivity index (χ0) is 25.2. The van der Waals surface area contributed by atoms with Crippen molar-refractivity contribution in [1.29, 1.82) is 0 Å². The van der Waals surface area contributed by atoms with Gasteiger partial charge in [-0.25, -0.2) is 19.9 Å². The van der Waals surface area contributed by atoms with Crippen molar-refractivity contribution < 1.29 is 8.78 Å². The van der Waals surface area contributed by atoms with Gasteiger partial charge >= 0.3 is 0 Å². The molecule has 0 fully saturated rings. The summed E-state index contributed by atoms with van der Waals surface area (Å²) in [6, 6.07) is 20.3. The van der Waals surface area contributed by atoms with Crippen LogP contribution in [0.5, 0.6) is 0 Å². The van der Waals surface area contributed by atoms with Gasteiger partial charge in [0.1, 0.15) is 0 Å². The fourth-order valence-corrected chi connectivity index (χ4v) is 3.91. The van der Waals surface area contributed by atoms with Crippen LogP contribution in [-0.4, -0.2) is 29.9 Å². The average Bonchev–Trinajstić information content (AvgIpc) is 2.92. The molecule has 6 aromatic rings. The summed E-state index contributed by atoms with van der Waals surface area (Å²) in [4.78, 5) is 26.0. The molecule has 0 amide bonds. The van der Waals surface area contributed by atoms with Gasteiger partial charge in [0.15, 0.2) is 0 Å². The molecule has 0 spiro atoms. The maximum absolute atomic E-state index is 13.5. The highest BCUT2D eigenvalue weighted by Crippen LogP contribution is 2.21. The number of rotatable bonds is 6. The summed E-state index contributed by atoms with van der Waals surface area (Å²) in [6.07, 6.45) is 3.49. The SMILES string of the molecule is Fc1cccc(-c2ccc3cnc([CH]NCc4cc5nc(-c6cccc(F)n6)ccc5cn4)cc3n2)n1. The molecule has 7 nitrogen and oxygen atoms in total. The fraction of sp³-hybridized carbons (Fsp3) is 0.0357. The number of fused-ring (bicyclic) bond motifs is 2. The Balaban J connectivity index is 1.18. The standard InChI is InChI=1S/C28H18F2N7/c29-27-5-1-3-21(36-27)23-9-7-17-13-32-19(11-25(17)34-23)15-31-16-20-12-26-18(14-33-20)8-10-24(35-26)22-4-2-6-28(30)37-22/h1-15,31H,16H2. The van der Waals surface area contributed by atoms with E-state index in [2.05, 4.69) is 35.2 Å². The van der Waals surface area contributed by atoms with E-state index in [9.17, 15) is 8.78 Å². The van der Waals surface area contributed by atoms with Gasteiger partial charge in [0, 0.05) is 29.7 Å². The molecule has 37 heavy (non-hydrogen) atoms. The van der Waals surface area contributed by atoms with E-state index in [1.54, 1.807) is 55.3 Å². The Morgan fingerprint density at radius 1 is 0.622 bits per heavy atom. The second-order valence-corrected chi connectivity index (χ2v) is 8.28. The third kappa shape index (κ3) is 4.98. The molecule has 1 radical (unpaired) electrons. The highest BCUT2D eigenvalue weighted by Gasteiger charge is 2.08. The largest absolute Gasteiger partial charge is 0.301 e. The molecule has 0 aliphatic rings. The second kappa shape index (κ2) is 9.71. The zero-order valence-corrected chi connectivity index (χ0v) is 19.3. The van der Waals surface area contributed by atoms with E-state index in [0.717, 1.165) is 27.5 Å². The van der Waals surface area contributed by atoms with Crippen LogP contribution in [0.15, 0.2) is 85.2 Å². The Hall–Kier alpha value is -4.76. The molecule has 0 saturated heterocycles. The molecule has 179 valence electrons. The topological polar surface area (TPSA) is 89.4 Å². The summed E-state index contributed by atoms with van der Waals surface area (Å²) >= 11 is 0. The van der Waals surface area contributed by atoms with Crippen LogP contribution in [0.25, 0.3) is 44.6 Å². The van der Waals surface area contributed by atoms with E-state index in [0.29, 0.717) is 35.0 Å².